The van der Waals surface area contributed by atoms with Crippen LogP contribution in [-0.2, 0) is 0 Å². The Balaban J connectivity index is 2.11. The number of aliphatic hydroxyl groups excluding tert-OH is 1. The number of hydrogen-bond acceptors (Lipinski definition) is 4. The van der Waals surface area contributed by atoms with Crippen molar-refractivity contribution in [2.75, 3.05) is 17.7 Å². The lowest BCUT2D eigenvalue weighted by Gasteiger charge is -2.37. The second-order valence-corrected chi connectivity index (χ2v) is 4.59. The zero-order chi connectivity index (χ0) is 11.4. The molecule has 0 unspecified atom stereocenters. The highest BCUT2D eigenvalue weighted by Crippen LogP contribution is 2.31. The summed E-state index contributed by atoms with van der Waals surface area (Å²) >= 11 is 0. The Morgan fingerprint density at radius 2 is 2.12 bits per heavy atom. The maximum absolute atomic E-state index is 9.56. The first-order chi connectivity index (χ1) is 7.74. The minimum atomic E-state index is -0.161. The van der Waals surface area contributed by atoms with Crippen molar-refractivity contribution in [3.05, 3.63) is 18.3 Å². The van der Waals surface area contributed by atoms with Gasteiger partial charge < -0.3 is 16.2 Å². The Morgan fingerprint density at radius 1 is 1.38 bits per heavy atom. The molecule has 1 aromatic rings. The molecule has 1 aliphatic carbocycles. The van der Waals surface area contributed by atoms with Crippen LogP contribution in [0, 0.1) is 0 Å². The number of aromatic nitrogens is 1. The predicted molar refractivity (Wildman–Crippen MR) is 65.2 cm³/mol. The van der Waals surface area contributed by atoms with Gasteiger partial charge in [-0.15, -0.1) is 0 Å². The van der Waals surface area contributed by atoms with E-state index in [0.717, 1.165) is 18.5 Å². The molecule has 1 heterocycles. The summed E-state index contributed by atoms with van der Waals surface area (Å²) in [5.41, 5.74) is 6.42. The van der Waals surface area contributed by atoms with Gasteiger partial charge >= 0.3 is 0 Å². The Bertz CT molecular complexity index is 348. The molecule has 0 aliphatic heterocycles. The van der Waals surface area contributed by atoms with Crippen LogP contribution in [0.25, 0.3) is 0 Å². The van der Waals surface area contributed by atoms with Crippen LogP contribution in [0.3, 0.4) is 0 Å². The smallest absolute Gasteiger partial charge is 0.125 e. The fourth-order valence-corrected chi connectivity index (χ4v) is 2.38. The van der Waals surface area contributed by atoms with Gasteiger partial charge in [0.2, 0.25) is 0 Å². The van der Waals surface area contributed by atoms with Gasteiger partial charge in [-0.05, 0) is 18.9 Å². The fraction of sp³-hybridized carbons (Fsp3) is 0.583. The van der Waals surface area contributed by atoms with Crippen molar-refractivity contribution in [2.45, 2.75) is 37.6 Å². The van der Waals surface area contributed by atoms with Gasteiger partial charge in [0.15, 0.2) is 0 Å². The first kappa shape index (κ1) is 11.2. The summed E-state index contributed by atoms with van der Waals surface area (Å²) in [5, 5.41) is 13.0. The summed E-state index contributed by atoms with van der Waals surface area (Å²) < 4.78 is 0. The molecule has 4 N–H and O–H groups in total. The van der Waals surface area contributed by atoms with E-state index in [2.05, 4.69) is 10.3 Å². The van der Waals surface area contributed by atoms with Crippen LogP contribution < -0.4 is 11.1 Å². The third-order valence-electron chi connectivity index (χ3n) is 3.30. The minimum absolute atomic E-state index is 0.161. The van der Waals surface area contributed by atoms with Crippen molar-refractivity contribution < 1.29 is 5.11 Å². The van der Waals surface area contributed by atoms with Gasteiger partial charge in [-0.3, -0.25) is 0 Å². The van der Waals surface area contributed by atoms with E-state index in [0.29, 0.717) is 5.82 Å². The topological polar surface area (TPSA) is 71.2 Å². The van der Waals surface area contributed by atoms with Gasteiger partial charge in [0, 0.05) is 18.0 Å². The summed E-state index contributed by atoms with van der Waals surface area (Å²) in [5.74, 6) is 0.508. The highest BCUT2D eigenvalue weighted by atomic mass is 16.3. The zero-order valence-electron chi connectivity index (χ0n) is 9.45. The molecule has 0 aromatic carbocycles. The normalized spacial score (nSPS) is 19.3. The number of aliphatic hydroxyl groups is 1. The predicted octanol–water partition coefficient (Wildman–Crippen LogP) is 1.77. The van der Waals surface area contributed by atoms with E-state index in [-0.39, 0.29) is 12.1 Å². The van der Waals surface area contributed by atoms with E-state index in [9.17, 15) is 5.11 Å². The molecule has 1 saturated carbocycles. The number of nitrogens with zero attached hydrogens (tertiary/aromatic N) is 1. The number of anilines is 2. The standard InChI is InChI=1S/C12H19N3O/c13-11-8-10(4-7-14-11)15-12(9-16)5-2-1-3-6-12/h4,7-8,16H,1-3,5-6,9H2,(H3,13,14,15). The van der Waals surface area contributed by atoms with E-state index in [1.54, 1.807) is 6.20 Å². The largest absolute Gasteiger partial charge is 0.394 e. The van der Waals surface area contributed by atoms with Crippen LogP contribution in [-0.4, -0.2) is 22.2 Å². The molecule has 1 aromatic heterocycles. The minimum Gasteiger partial charge on any atom is -0.394 e. The summed E-state index contributed by atoms with van der Waals surface area (Å²) in [6.07, 6.45) is 7.34. The summed E-state index contributed by atoms with van der Waals surface area (Å²) in [6, 6.07) is 3.70. The first-order valence-electron chi connectivity index (χ1n) is 5.85. The molecule has 0 amide bonds. The molecule has 0 radical (unpaired) electrons. The molecule has 0 bridgehead atoms. The van der Waals surface area contributed by atoms with Crippen LogP contribution in [0.1, 0.15) is 32.1 Å². The lowest BCUT2D eigenvalue weighted by molar-refractivity contribution is 0.173. The molecule has 1 aliphatic rings. The number of nitrogens with two attached hydrogens (primary N) is 1. The maximum Gasteiger partial charge on any atom is 0.125 e. The van der Waals surface area contributed by atoms with Crippen molar-refractivity contribution in [2.24, 2.45) is 0 Å². The van der Waals surface area contributed by atoms with Gasteiger partial charge in [-0.2, -0.15) is 0 Å². The molecule has 4 nitrogen and oxygen atoms in total. The molecule has 4 heteroatoms. The number of nitrogen functional groups attached to an aromatic ring is 1. The first-order valence-corrected chi connectivity index (χ1v) is 5.85. The quantitative estimate of drug-likeness (QED) is 0.727. The summed E-state index contributed by atoms with van der Waals surface area (Å²) in [6.45, 7) is 0.176. The maximum atomic E-state index is 9.56. The van der Waals surface area contributed by atoms with Gasteiger partial charge in [0.25, 0.3) is 0 Å². The van der Waals surface area contributed by atoms with E-state index in [1.165, 1.54) is 19.3 Å². The molecule has 88 valence electrons. The second kappa shape index (κ2) is 4.70. The van der Waals surface area contributed by atoms with Gasteiger partial charge in [0.05, 0.1) is 12.1 Å². The number of pyridine rings is 1. The van der Waals surface area contributed by atoms with E-state index >= 15 is 0 Å². The number of nitrogens with one attached hydrogen (secondary N) is 1. The molecule has 0 spiro atoms. The van der Waals surface area contributed by atoms with Crippen LogP contribution in [0.4, 0.5) is 11.5 Å². The SMILES string of the molecule is Nc1cc(NC2(CO)CCCCC2)ccn1. The molecular formula is C12H19N3O. The molecule has 0 saturated heterocycles. The highest BCUT2D eigenvalue weighted by molar-refractivity contribution is 5.51. The summed E-state index contributed by atoms with van der Waals surface area (Å²) in [7, 11) is 0. The van der Waals surface area contributed by atoms with Crippen molar-refractivity contribution in [3.63, 3.8) is 0 Å². The van der Waals surface area contributed by atoms with E-state index in [1.807, 2.05) is 12.1 Å². The molecule has 0 atom stereocenters. The Kier molecular flexibility index (Phi) is 3.29. The Hall–Kier alpha value is -1.29. The molecular weight excluding hydrogens is 202 g/mol. The molecule has 2 rings (SSSR count). The van der Waals surface area contributed by atoms with Crippen LogP contribution in [0.15, 0.2) is 18.3 Å². The lowest BCUT2D eigenvalue weighted by Crippen LogP contribution is -2.43. The van der Waals surface area contributed by atoms with Gasteiger partial charge in [0.1, 0.15) is 5.82 Å². The van der Waals surface area contributed by atoms with Crippen LogP contribution >= 0.6 is 0 Å². The van der Waals surface area contributed by atoms with Crippen molar-refractivity contribution in [1.29, 1.82) is 0 Å². The third-order valence-corrected chi connectivity index (χ3v) is 3.30. The van der Waals surface area contributed by atoms with Crippen molar-refractivity contribution in [3.8, 4) is 0 Å². The van der Waals surface area contributed by atoms with Crippen LogP contribution in [0.2, 0.25) is 0 Å². The second-order valence-electron chi connectivity index (χ2n) is 4.59. The molecule has 1 fully saturated rings. The summed E-state index contributed by atoms with van der Waals surface area (Å²) in [4.78, 5) is 3.96. The van der Waals surface area contributed by atoms with E-state index < -0.39 is 0 Å². The fourth-order valence-electron chi connectivity index (χ4n) is 2.38. The van der Waals surface area contributed by atoms with Gasteiger partial charge in [-0.1, -0.05) is 19.3 Å². The van der Waals surface area contributed by atoms with Crippen LogP contribution in [0.5, 0.6) is 0 Å². The average molecular weight is 221 g/mol. The Morgan fingerprint density at radius 3 is 2.75 bits per heavy atom. The van der Waals surface area contributed by atoms with Crippen molar-refractivity contribution in [1.82, 2.24) is 4.98 Å². The van der Waals surface area contributed by atoms with E-state index in [4.69, 9.17) is 5.73 Å². The zero-order valence-corrected chi connectivity index (χ0v) is 9.45. The monoisotopic (exact) mass is 221 g/mol. The molecule has 16 heavy (non-hydrogen) atoms. The van der Waals surface area contributed by atoms with Crippen molar-refractivity contribution >= 4 is 11.5 Å². The van der Waals surface area contributed by atoms with Gasteiger partial charge in [-0.25, -0.2) is 4.98 Å². The Labute approximate surface area is 95.9 Å². The number of hydrogen-bond donors (Lipinski definition) is 3. The third kappa shape index (κ3) is 2.44. The average Bonchev–Trinajstić information content (AvgIpc) is 2.30. The lowest BCUT2D eigenvalue weighted by atomic mass is 9.82. The highest BCUT2D eigenvalue weighted by Gasteiger charge is 2.30. The number of rotatable bonds is 3.